The molecule has 0 spiro atoms. The molecule has 0 bridgehead atoms. The SMILES string of the molecule is CC/C=C\CC1C(=O)CCC1CC(=O)OC.CCCCCC1C(=O)CCC1CC(=O)OC.CCCCCC1C(=O)CCC1CC(=O)OCC.CCCCCC1C(=O)CCC1CC(=O)OCCC.CCCCCC1C(O)CCC1CC(=O)OC.CCCCCC1C(O)CCC1CC(=O)OCC.CCCCCC1C(O)CCC1CC(=O)OCCC. The number of carbonyl (C=O) groups excluding carboxylic acids is 11. The zero-order chi connectivity index (χ0) is 88.0. The van der Waals surface area contributed by atoms with Crippen molar-refractivity contribution in [3.05, 3.63) is 12.2 Å². The van der Waals surface area contributed by atoms with Crippen molar-refractivity contribution in [1.82, 2.24) is 0 Å². The summed E-state index contributed by atoms with van der Waals surface area (Å²) >= 11 is 0. The Kier molecular flexibility index (Phi) is 64.7. The van der Waals surface area contributed by atoms with E-state index >= 15 is 0 Å². The molecule has 7 aliphatic carbocycles. The summed E-state index contributed by atoms with van der Waals surface area (Å²) in [4.78, 5) is 127. The fourth-order valence-corrected chi connectivity index (χ4v) is 18.7. The van der Waals surface area contributed by atoms with Gasteiger partial charge in [0.05, 0.1) is 66.1 Å². The zero-order valence-electron chi connectivity index (χ0n) is 76.6. The molecule has 17 unspecified atom stereocenters. The molecule has 0 aromatic rings. The van der Waals surface area contributed by atoms with Crippen molar-refractivity contribution in [3.63, 3.8) is 0 Å². The number of hydrogen-bond acceptors (Lipinski definition) is 21. The van der Waals surface area contributed by atoms with Crippen molar-refractivity contribution in [2.24, 2.45) is 82.9 Å². The number of allylic oxidation sites excluding steroid dienone is 2. The minimum Gasteiger partial charge on any atom is -0.469 e. The summed E-state index contributed by atoms with van der Waals surface area (Å²) in [6, 6.07) is 0. The Hall–Kier alpha value is -5.41. The monoisotopic (exact) mass is 1670 g/mol. The first-order valence-electron chi connectivity index (χ1n) is 47.4. The van der Waals surface area contributed by atoms with Crippen LogP contribution in [0.4, 0.5) is 0 Å². The molecule has 0 radical (unpaired) electrons. The molecule has 21 nitrogen and oxygen atoms in total. The molecule has 3 N–H and O–H groups in total. The third kappa shape index (κ3) is 46.7. The van der Waals surface area contributed by atoms with Gasteiger partial charge in [0.15, 0.2) is 0 Å². The zero-order valence-corrected chi connectivity index (χ0v) is 76.6. The molecule has 17 atom stereocenters. The maximum Gasteiger partial charge on any atom is 0.306 e. The summed E-state index contributed by atoms with van der Waals surface area (Å²) in [7, 11) is 4.23. The highest BCUT2D eigenvalue weighted by Crippen LogP contribution is 2.43. The number of unbranched alkanes of at least 4 members (excludes halogenated alkanes) is 12. The number of ether oxygens (including phenoxy) is 7. The standard InChI is InChI=1S/C15H28O3.C15H26O3.C14H26O3.C14H24O3.C13H24O3.C13H22O3.C13H20O3/c2*1-3-5-6-7-13-12(8-9-14(13)16)11-15(17)18-10-4-2;2*1-3-5-6-7-12-11(8-9-13(12)15)10-14(16)17-4-2;3*1-3-4-5-6-11-10(7-8-12(11)14)9-13(15)16-2/h12-14,16H,3-11H2,1-2H3;12-13H,3-11H2,1-2H3;11-13,15H,3-10H2,1-2H3;11-12H,3-10H2,1-2H3;10-12,14H,3-9H2,1-2H3;10-11H,3-9H2,1-2H3;4-5,10-11H,3,6-9H2,1-2H3/b;;;;;;5-4-. The first-order chi connectivity index (χ1) is 56.8. The van der Waals surface area contributed by atoms with Crippen LogP contribution in [-0.2, 0) is 85.9 Å². The Labute approximate surface area is 714 Å². The second-order valence-electron chi connectivity index (χ2n) is 34.5. The van der Waals surface area contributed by atoms with Gasteiger partial charge in [0.1, 0.15) is 23.1 Å². The number of ketones is 4. The van der Waals surface area contributed by atoms with Crippen molar-refractivity contribution in [2.75, 3.05) is 47.8 Å². The number of aliphatic hydroxyl groups excluding tert-OH is 3. The molecule has 7 saturated carbocycles. The molecule has 7 fully saturated rings. The van der Waals surface area contributed by atoms with Gasteiger partial charge in [-0.25, -0.2) is 0 Å². The van der Waals surface area contributed by atoms with E-state index in [1.54, 1.807) is 0 Å². The summed E-state index contributed by atoms with van der Waals surface area (Å²) in [6.45, 7) is 24.6. The van der Waals surface area contributed by atoms with Gasteiger partial charge in [-0.1, -0.05) is 190 Å². The van der Waals surface area contributed by atoms with Gasteiger partial charge in [0.2, 0.25) is 0 Å². The van der Waals surface area contributed by atoms with Crippen molar-refractivity contribution in [3.8, 4) is 0 Å². The van der Waals surface area contributed by atoms with Crippen LogP contribution in [0.2, 0.25) is 0 Å². The quantitative estimate of drug-likeness (QED) is 0.0221. The van der Waals surface area contributed by atoms with Gasteiger partial charge in [-0.3, -0.25) is 52.7 Å². The minimum atomic E-state index is -0.204. The summed E-state index contributed by atoms with van der Waals surface area (Å²) in [5.74, 6) is 3.58. The molecule has 21 heteroatoms. The number of rotatable bonds is 47. The average Bonchev–Trinajstić information content (AvgIpc) is 1.77. The number of esters is 7. The van der Waals surface area contributed by atoms with Gasteiger partial charge in [-0.2, -0.15) is 0 Å². The van der Waals surface area contributed by atoms with Gasteiger partial charge in [0, 0.05) is 94.3 Å². The molecule has 0 aliphatic heterocycles. The third-order valence-corrected chi connectivity index (χ3v) is 25.6. The molecule has 0 heterocycles. The molecule has 118 heavy (non-hydrogen) atoms. The Morgan fingerprint density at radius 1 is 0.288 bits per heavy atom. The number of hydrogen-bond donors (Lipinski definition) is 3. The Morgan fingerprint density at radius 3 is 0.797 bits per heavy atom. The molecule has 0 aromatic heterocycles. The van der Waals surface area contributed by atoms with E-state index < -0.39 is 0 Å². The fourth-order valence-electron chi connectivity index (χ4n) is 18.7. The van der Waals surface area contributed by atoms with E-state index in [9.17, 15) is 68.1 Å². The topological polar surface area (TPSA) is 313 Å². The second kappa shape index (κ2) is 69.0. The highest BCUT2D eigenvalue weighted by molar-refractivity contribution is 5.86. The molecule has 0 aromatic carbocycles. The van der Waals surface area contributed by atoms with Crippen LogP contribution in [0.25, 0.3) is 0 Å². The van der Waals surface area contributed by atoms with E-state index in [1.807, 2.05) is 27.7 Å². The van der Waals surface area contributed by atoms with E-state index in [0.717, 1.165) is 161 Å². The van der Waals surface area contributed by atoms with Crippen molar-refractivity contribution >= 4 is 64.9 Å². The van der Waals surface area contributed by atoms with Crippen LogP contribution in [0.5, 0.6) is 0 Å². The summed E-state index contributed by atoms with van der Waals surface area (Å²) in [6.07, 6.45) is 48.7. The first-order valence-corrected chi connectivity index (χ1v) is 47.4. The van der Waals surface area contributed by atoms with E-state index in [0.29, 0.717) is 156 Å². The molecule has 7 aliphatic rings. The van der Waals surface area contributed by atoms with E-state index in [4.69, 9.17) is 23.7 Å². The molecular formula is C97H170O21. The molecule has 7 rings (SSSR count). The maximum atomic E-state index is 11.8. The van der Waals surface area contributed by atoms with Gasteiger partial charge in [-0.15, -0.1) is 0 Å². The summed E-state index contributed by atoms with van der Waals surface area (Å²) < 4.78 is 34.2. The third-order valence-electron chi connectivity index (χ3n) is 25.6. The van der Waals surface area contributed by atoms with Crippen LogP contribution in [0.15, 0.2) is 12.2 Å². The predicted molar refractivity (Wildman–Crippen MR) is 465 cm³/mol. The first kappa shape index (κ1) is 111. The largest absolute Gasteiger partial charge is 0.469 e. The second-order valence-corrected chi connectivity index (χ2v) is 34.5. The average molecular weight is 1670 g/mol. The molecule has 0 amide bonds. The van der Waals surface area contributed by atoms with Crippen LogP contribution in [0.1, 0.15) is 391 Å². The van der Waals surface area contributed by atoms with Crippen molar-refractivity contribution < 1.29 is 101 Å². The number of aliphatic hydroxyl groups is 3. The Bertz CT molecular complexity index is 2760. The predicted octanol–water partition coefficient (Wildman–Crippen LogP) is 20.6. The van der Waals surface area contributed by atoms with Crippen molar-refractivity contribution in [2.45, 2.75) is 409 Å². The molecule has 0 saturated heterocycles. The van der Waals surface area contributed by atoms with Gasteiger partial charge >= 0.3 is 41.8 Å². The Morgan fingerprint density at radius 2 is 0.534 bits per heavy atom. The van der Waals surface area contributed by atoms with Crippen LogP contribution >= 0.6 is 0 Å². The maximum absolute atomic E-state index is 11.8. The number of methoxy groups -OCH3 is 3. The summed E-state index contributed by atoms with van der Waals surface area (Å²) in [5, 5.41) is 29.8. The van der Waals surface area contributed by atoms with Gasteiger partial charge < -0.3 is 48.5 Å². The molecule has 684 valence electrons. The van der Waals surface area contributed by atoms with E-state index in [2.05, 4.69) is 70.1 Å². The van der Waals surface area contributed by atoms with Gasteiger partial charge in [0.25, 0.3) is 0 Å². The lowest BCUT2D eigenvalue weighted by Gasteiger charge is -2.21. The smallest absolute Gasteiger partial charge is 0.306 e. The van der Waals surface area contributed by atoms with Crippen molar-refractivity contribution in [1.29, 1.82) is 0 Å². The van der Waals surface area contributed by atoms with E-state index in [1.165, 1.54) is 105 Å². The Balaban J connectivity index is 0.000000689. The fraction of sp³-hybridized carbons (Fsp3) is 0.866. The highest BCUT2D eigenvalue weighted by Gasteiger charge is 2.42. The van der Waals surface area contributed by atoms with E-state index in [-0.39, 0.29) is 107 Å². The lowest BCUT2D eigenvalue weighted by Crippen LogP contribution is -2.22. The van der Waals surface area contributed by atoms with Crippen LogP contribution < -0.4 is 0 Å². The lowest BCUT2D eigenvalue weighted by molar-refractivity contribution is -0.146. The normalized spacial score (nSPS) is 26.0. The van der Waals surface area contributed by atoms with Gasteiger partial charge in [-0.05, 0) is 201 Å². The van der Waals surface area contributed by atoms with Crippen LogP contribution in [0.3, 0.4) is 0 Å². The molecular weight excluding hydrogens is 1500 g/mol. The van der Waals surface area contributed by atoms with Crippen LogP contribution in [0, 0.1) is 82.9 Å². The summed E-state index contributed by atoms with van der Waals surface area (Å²) in [5.41, 5.74) is 0. The minimum absolute atomic E-state index is 0.0295. The number of Topliss-reactive ketones (excluding diaryl/α,β-unsaturated/α-hetero) is 4. The lowest BCUT2D eigenvalue weighted by atomic mass is 9.87. The van der Waals surface area contributed by atoms with Crippen LogP contribution in [-0.4, -0.2) is 146 Å². The highest BCUT2D eigenvalue weighted by atomic mass is 16.6. The number of carbonyl (C=O) groups is 11.